The molecule has 2 aliphatic heterocycles. The lowest BCUT2D eigenvalue weighted by Gasteiger charge is -2.47. The molecule has 0 saturated carbocycles. The fraction of sp³-hybridized carbons (Fsp3) is 0.300. The quantitative estimate of drug-likeness (QED) is 0.298. The summed E-state index contributed by atoms with van der Waals surface area (Å²) in [7, 11) is 3.10. The zero-order valence-electron chi connectivity index (χ0n) is 23.2. The first-order chi connectivity index (χ1) is 20.3. The molecule has 10 nitrogen and oxygen atoms in total. The molecule has 12 heteroatoms. The van der Waals surface area contributed by atoms with Crippen LogP contribution in [0, 0.1) is 0 Å². The number of carbonyl (C=O) groups excluding carboxylic acids is 1. The molecule has 1 amide bonds. The number of nitrogens with one attached hydrogen (secondary N) is 1. The van der Waals surface area contributed by atoms with Crippen molar-refractivity contribution in [1.29, 1.82) is 0 Å². The van der Waals surface area contributed by atoms with Gasteiger partial charge in [0, 0.05) is 54.9 Å². The number of rotatable bonds is 8. The number of halogens is 2. The van der Waals surface area contributed by atoms with E-state index >= 15 is 0 Å². The van der Waals surface area contributed by atoms with Gasteiger partial charge in [0.15, 0.2) is 0 Å². The van der Waals surface area contributed by atoms with Gasteiger partial charge in [0.05, 0.1) is 53.6 Å². The largest absolute Gasteiger partial charge is 0.480 e. The van der Waals surface area contributed by atoms with E-state index in [-0.39, 0.29) is 18.0 Å². The predicted molar refractivity (Wildman–Crippen MR) is 160 cm³/mol. The van der Waals surface area contributed by atoms with Crippen molar-refractivity contribution in [2.45, 2.75) is 31.5 Å². The average molecular weight is 607 g/mol. The molecule has 2 aromatic carbocycles. The number of nitrogens with two attached hydrogens (primary N) is 1. The molecule has 2 saturated heterocycles. The van der Waals surface area contributed by atoms with E-state index in [2.05, 4.69) is 25.2 Å². The van der Waals surface area contributed by atoms with Gasteiger partial charge in [-0.15, -0.1) is 0 Å². The van der Waals surface area contributed by atoms with Crippen LogP contribution < -0.4 is 20.5 Å². The highest BCUT2D eigenvalue weighted by Gasteiger charge is 2.47. The van der Waals surface area contributed by atoms with Crippen molar-refractivity contribution < 1.29 is 14.3 Å². The summed E-state index contributed by atoms with van der Waals surface area (Å²) in [5, 5.41) is 4.05. The average Bonchev–Trinajstić information content (AvgIpc) is 3.39. The Morgan fingerprint density at radius 1 is 0.881 bits per heavy atom. The Morgan fingerprint density at radius 2 is 1.40 bits per heavy atom. The van der Waals surface area contributed by atoms with Gasteiger partial charge >= 0.3 is 0 Å². The van der Waals surface area contributed by atoms with Crippen molar-refractivity contribution in [1.82, 2.24) is 30.2 Å². The van der Waals surface area contributed by atoms with Crippen molar-refractivity contribution in [2.24, 2.45) is 5.73 Å². The number of likely N-dealkylation sites (tertiary alicyclic amines) is 1. The Bertz CT molecular complexity index is 1680. The topological polar surface area (TPSA) is 128 Å². The number of nitrogens with zero attached hydrogens (tertiary/aromatic N) is 5. The molecule has 4 heterocycles. The molecule has 0 bridgehead atoms. The molecule has 2 aromatic heterocycles. The maximum atomic E-state index is 11.7. The zero-order chi connectivity index (χ0) is 29.4. The molecule has 3 N–H and O–H groups in total. The van der Waals surface area contributed by atoms with Crippen molar-refractivity contribution >= 4 is 29.1 Å². The summed E-state index contributed by atoms with van der Waals surface area (Å²) in [5.41, 5.74) is 10.9. The van der Waals surface area contributed by atoms with Crippen LogP contribution in [0.15, 0.2) is 48.8 Å². The normalized spacial score (nSPS) is 15.9. The van der Waals surface area contributed by atoms with E-state index in [4.69, 9.17) is 43.4 Å². The molecule has 216 valence electrons. The number of hydrogen-bond acceptors (Lipinski definition) is 9. The van der Waals surface area contributed by atoms with Gasteiger partial charge in [-0.05, 0) is 6.42 Å². The van der Waals surface area contributed by atoms with E-state index in [1.807, 2.05) is 36.4 Å². The second-order valence-electron chi connectivity index (χ2n) is 10.4. The molecule has 0 atom stereocenters. The lowest BCUT2D eigenvalue weighted by Crippen LogP contribution is -2.66. The van der Waals surface area contributed by atoms with Crippen molar-refractivity contribution in [3.63, 3.8) is 0 Å². The number of aromatic nitrogens is 4. The molecule has 6 rings (SSSR count). The van der Waals surface area contributed by atoms with Crippen LogP contribution in [0.2, 0.25) is 10.0 Å². The van der Waals surface area contributed by atoms with Crippen LogP contribution >= 0.6 is 23.2 Å². The molecule has 0 aliphatic carbocycles. The van der Waals surface area contributed by atoms with Crippen LogP contribution in [0.4, 0.5) is 0 Å². The van der Waals surface area contributed by atoms with Gasteiger partial charge in [0.2, 0.25) is 17.7 Å². The SMILES string of the molecule is COc1nc(-c2cccc(-c3cccc(-c4cnc(CN5CC6(CCC(=O)N6)C5)c(OC)n4)c3Cl)c2Cl)cnc1CN. The highest BCUT2D eigenvalue weighted by Crippen LogP contribution is 2.42. The number of methoxy groups -OCH3 is 2. The third-order valence-corrected chi connectivity index (χ3v) is 8.52. The minimum atomic E-state index is -0.100. The second-order valence-corrected chi connectivity index (χ2v) is 11.2. The van der Waals surface area contributed by atoms with E-state index in [1.54, 1.807) is 19.5 Å². The predicted octanol–water partition coefficient (Wildman–Crippen LogP) is 4.51. The van der Waals surface area contributed by atoms with Crippen molar-refractivity contribution in [3.05, 3.63) is 70.2 Å². The first kappa shape index (κ1) is 28.3. The maximum Gasteiger partial charge on any atom is 0.237 e. The molecule has 2 fully saturated rings. The number of amides is 1. The van der Waals surface area contributed by atoms with Crippen LogP contribution in [0.3, 0.4) is 0 Å². The first-order valence-corrected chi connectivity index (χ1v) is 14.2. The summed E-state index contributed by atoms with van der Waals surface area (Å²) in [6.07, 6.45) is 4.79. The van der Waals surface area contributed by atoms with Gasteiger partial charge in [0.1, 0.15) is 11.4 Å². The molecule has 4 aromatic rings. The number of ether oxygens (including phenoxy) is 2. The lowest BCUT2D eigenvalue weighted by atomic mass is 9.88. The Balaban J connectivity index is 1.28. The fourth-order valence-electron chi connectivity index (χ4n) is 5.65. The first-order valence-electron chi connectivity index (χ1n) is 13.5. The molecule has 42 heavy (non-hydrogen) atoms. The molecule has 2 aliphatic rings. The third kappa shape index (κ3) is 5.15. The monoisotopic (exact) mass is 605 g/mol. The summed E-state index contributed by atoms with van der Waals surface area (Å²) < 4.78 is 11.0. The Labute approximate surface area is 253 Å². The molecule has 0 unspecified atom stereocenters. The minimum absolute atomic E-state index is 0.100. The maximum absolute atomic E-state index is 11.7. The summed E-state index contributed by atoms with van der Waals surface area (Å²) in [4.78, 5) is 32.3. The number of carbonyl (C=O) groups is 1. The number of benzene rings is 2. The Hall–Kier alpha value is -3.83. The standard InChI is InChI=1S/C30H29Cl2N7O3/c1-41-28-21(11-33)34-12-22(36-28)19-7-3-5-17(26(19)31)18-6-4-8-20(27(18)32)23-13-35-24(29(37-23)42-2)14-39-15-30(16-39)10-9-25(40)38-30/h3-8,12-13H,9-11,14-16,33H2,1-2H3,(H,38,40). The van der Waals surface area contributed by atoms with Gasteiger partial charge in [0.25, 0.3) is 0 Å². The number of hydrogen-bond donors (Lipinski definition) is 2. The smallest absolute Gasteiger partial charge is 0.237 e. The highest BCUT2D eigenvalue weighted by atomic mass is 35.5. The second kappa shape index (κ2) is 11.4. The summed E-state index contributed by atoms with van der Waals surface area (Å²) in [6.45, 7) is 2.35. The van der Waals surface area contributed by atoms with Crippen LogP contribution in [0.5, 0.6) is 11.8 Å². The van der Waals surface area contributed by atoms with Gasteiger partial charge in [-0.2, -0.15) is 0 Å². The summed E-state index contributed by atoms with van der Waals surface area (Å²) >= 11 is 13.9. The van der Waals surface area contributed by atoms with Crippen molar-refractivity contribution in [3.8, 4) is 45.4 Å². The third-order valence-electron chi connectivity index (χ3n) is 7.70. The van der Waals surface area contributed by atoms with Gasteiger partial charge in [-0.3, -0.25) is 19.7 Å². The van der Waals surface area contributed by atoms with E-state index in [1.165, 1.54) is 7.11 Å². The Morgan fingerprint density at radius 3 is 1.90 bits per heavy atom. The fourth-order valence-corrected chi connectivity index (χ4v) is 6.30. The van der Waals surface area contributed by atoms with Crippen molar-refractivity contribution in [2.75, 3.05) is 27.3 Å². The van der Waals surface area contributed by atoms with Gasteiger partial charge < -0.3 is 20.5 Å². The lowest BCUT2D eigenvalue weighted by molar-refractivity contribution is -0.120. The van der Waals surface area contributed by atoms with Gasteiger partial charge in [-0.25, -0.2) is 9.97 Å². The van der Waals surface area contributed by atoms with Crippen LogP contribution in [0.25, 0.3) is 33.6 Å². The van der Waals surface area contributed by atoms with E-state index < -0.39 is 0 Å². The molecule has 0 radical (unpaired) electrons. The molecule has 1 spiro atoms. The summed E-state index contributed by atoms with van der Waals surface area (Å²) in [5.74, 6) is 0.906. The highest BCUT2D eigenvalue weighted by molar-refractivity contribution is 6.39. The van der Waals surface area contributed by atoms with Crippen LogP contribution in [0.1, 0.15) is 24.2 Å². The minimum Gasteiger partial charge on any atom is -0.480 e. The van der Waals surface area contributed by atoms with Crippen LogP contribution in [-0.4, -0.2) is 63.6 Å². The van der Waals surface area contributed by atoms with E-state index in [0.717, 1.165) is 36.3 Å². The zero-order valence-corrected chi connectivity index (χ0v) is 24.7. The summed E-state index contributed by atoms with van der Waals surface area (Å²) in [6, 6.07) is 11.3. The van der Waals surface area contributed by atoms with E-state index in [9.17, 15) is 4.79 Å². The Kier molecular flexibility index (Phi) is 7.71. The molecular formula is C30H29Cl2N7O3. The molecular weight excluding hydrogens is 577 g/mol. The van der Waals surface area contributed by atoms with E-state index in [0.29, 0.717) is 63.0 Å². The van der Waals surface area contributed by atoms with Gasteiger partial charge in [-0.1, -0.05) is 59.6 Å². The van der Waals surface area contributed by atoms with Crippen LogP contribution in [-0.2, 0) is 17.9 Å².